The first kappa shape index (κ1) is 12.9. The van der Waals surface area contributed by atoms with E-state index in [0.717, 1.165) is 37.5 Å². The van der Waals surface area contributed by atoms with Crippen molar-refractivity contribution in [1.82, 2.24) is 10.2 Å². The molecule has 0 atom stereocenters. The first-order valence-electron chi connectivity index (χ1n) is 7.46. The van der Waals surface area contributed by atoms with Gasteiger partial charge in [0.05, 0.1) is 0 Å². The van der Waals surface area contributed by atoms with Crippen molar-refractivity contribution in [3.63, 3.8) is 0 Å². The summed E-state index contributed by atoms with van der Waals surface area (Å²) in [5, 5.41) is 3.52. The van der Waals surface area contributed by atoms with Gasteiger partial charge in [-0.05, 0) is 50.4 Å². The van der Waals surface area contributed by atoms with E-state index in [0.29, 0.717) is 0 Å². The van der Waals surface area contributed by atoms with Gasteiger partial charge in [0, 0.05) is 25.2 Å². The molecule has 2 aliphatic rings. The smallest absolute Gasteiger partial charge is 0.119 e. The molecule has 0 radical (unpaired) electrons. The van der Waals surface area contributed by atoms with Crippen LogP contribution in [0.5, 0.6) is 5.75 Å². The maximum absolute atomic E-state index is 5.79. The molecule has 0 bridgehead atoms. The molecule has 3 nitrogen and oxygen atoms in total. The third-order valence-corrected chi connectivity index (χ3v) is 3.98. The van der Waals surface area contributed by atoms with Crippen molar-refractivity contribution in [3.8, 4) is 5.75 Å². The van der Waals surface area contributed by atoms with Crippen molar-refractivity contribution in [2.45, 2.75) is 44.3 Å². The average Bonchev–Trinajstić information content (AvgIpc) is 3.30. The largest absolute Gasteiger partial charge is 0.492 e. The molecule has 0 spiro atoms. The lowest BCUT2D eigenvalue weighted by molar-refractivity contribution is 0.232. The van der Waals surface area contributed by atoms with Crippen LogP contribution >= 0.6 is 0 Å². The molecule has 0 aliphatic heterocycles. The molecule has 1 N–H and O–H groups in total. The van der Waals surface area contributed by atoms with Crippen molar-refractivity contribution in [2.75, 3.05) is 20.2 Å². The number of ether oxygens (including phenoxy) is 1. The van der Waals surface area contributed by atoms with Crippen LogP contribution in [0.1, 0.15) is 31.2 Å². The highest BCUT2D eigenvalue weighted by molar-refractivity contribution is 5.27. The van der Waals surface area contributed by atoms with Gasteiger partial charge < -0.3 is 15.0 Å². The van der Waals surface area contributed by atoms with Gasteiger partial charge in [0.2, 0.25) is 0 Å². The zero-order chi connectivity index (χ0) is 13.1. The molecule has 0 saturated heterocycles. The molecule has 1 aromatic rings. The van der Waals surface area contributed by atoms with Crippen LogP contribution in [0.3, 0.4) is 0 Å². The molecule has 3 heteroatoms. The summed E-state index contributed by atoms with van der Waals surface area (Å²) in [6.45, 7) is 2.79. The summed E-state index contributed by atoms with van der Waals surface area (Å²) in [7, 11) is 2.19. The third kappa shape index (κ3) is 4.22. The van der Waals surface area contributed by atoms with E-state index in [1.807, 2.05) is 0 Å². The standard InChI is InChI=1S/C16H24N2O/c1-18(15-6-7-15)10-11-19-16-8-2-13(3-9-16)12-17-14-4-5-14/h2-3,8-9,14-15,17H,4-7,10-12H2,1H3. The molecule has 1 aromatic carbocycles. The quantitative estimate of drug-likeness (QED) is 0.777. The van der Waals surface area contributed by atoms with Gasteiger partial charge in [-0.15, -0.1) is 0 Å². The molecular formula is C16H24N2O. The molecular weight excluding hydrogens is 236 g/mol. The third-order valence-electron chi connectivity index (χ3n) is 3.98. The highest BCUT2D eigenvalue weighted by Crippen LogP contribution is 2.25. The van der Waals surface area contributed by atoms with Crippen LogP contribution in [0.4, 0.5) is 0 Å². The lowest BCUT2D eigenvalue weighted by atomic mass is 10.2. The van der Waals surface area contributed by atoms with Crippen LogP contribution in [-0.4, -0.2) is 37.2 Å². The molecule has 0 heterocycles. The van der Waals surface area contributed by atoms with Crippen LogP contribution in [-0.2, 0) is 6.54 Å². The number of benzene rings is 1. The topological polar surface area (TPSA) is 24.5 Å². The minimum atomic E-state index is 0.772. The Labute approximate surface area is 115 Å². The molecule has 104 valence electrons. The molecule has 0 aromatic heterocycles. The maximum atomic E-state index is 5.79. The summed E-state index contributed by atoms with van der Waals surface area (Å²) in [4.78, 5) is 2.40. The van der Waals surface area contributed by atoms with E-state index in [-0.39, 0.29) is 0 Å². The van der Waals surface area contributed by atoms with Gasteiger partial charge in [-0.1, -0.05) is 12.1 Å². The zero-order valence-electron chi connectivity index (χ0n) is 11.8. The van der Waals surface area contributed by atoms with E-state index < -0.39 is 0 Å². The van der Waals surface area contributed by atoms with Gasteiger partial charge in [-0.2, -0.15) is 0 Å². The van der Waals surface area contributed by atoms with Crippen molar-refractivity contribution in [1.29, 1.82) is 0 Å². The molecule has 2 saturated carbocycles. The Morgan fingerprint density at radius 1 is 1.16 bits per heavy atom. The molecule has 0 amide bonds. The van der Waals surface area contributed by atoms with Gasteiger partial charge in [-0.3, -0.25) is 0 Å². The Morgan fingerprint density at radius 2 is 1.89 bits per heavy atom. The molecule has 2 fully saturated rings. The Hall–Kier alpha value is -1.06. The van der Waals surface area contributed by atoms with Crippen LogP contribution in [0.2, 0.25) is 0 Å². The second-order valence-electron chi connectivity index (χ2n) is 5.86. The predicted molar refractivity (Wildman–Crippen MR) is 77.5 cm³/mol. The minimum absolute atomic E-state index is 0.772. The second kappa shape index (κ2) is 5.93. The first-order chi connectivity index (χ1) is 9.31. The van der Waals surface area contributed by atoms with Crippen LogP contribution < -0.4 is 10.1 Å². The highest BCUT2D eigenvalue weighted by atomic mass is 16.5. The summed E-state index contributed by atoms with van der Waals surface area (Å²) in [5.74, 6) is 0.986. The van der Waals surface area contributed by atoms with E-state index in [9.17, 15) is 0 Å². The van der Waals surface area contributed by atoms with Crippen molar-refractivity contribution >= 4 is 0 Å². The van der Waals surface area contributed by atoms with E-state index in [2.05, 4.69) is 41.5 Å². The Balaban J connectivity index is 1.37. The van der Waals surface area contributed by atoms with E-state index in [1.54, 1.807) is 0 Å². The number of nitrogens with one attached hydrogen (secondary N) is 1. The first-order valence-corrected chi connectivity index (χ1v) is 7.46. The number of rotatable bonds is 8. The normalized spacial score (nSPS) is 18.8. The minimum Gasteiger partial charge on any atom is -0.492 e. The van der Waals surface area contributed by atoms with E-state index >= 15 is 0 Å². The number of nitrogens with zero attached hydrogens (tertiary/aromatic N) is 1. The fourth-order valence-electron chi connectivity index (χ4n) is 2.26. The predicted octanol–water partition coefficient (Wildman–Crippen LogP) is 2.41. The Bertz CT molecular complexity index is 396. The molecule has 2 aliphatic carbocycles. The van der Waals surface area contributed by atoms with Gasteiger partial charge in [0.25, 0.3) is 0 Å². The van der Waals surface area contributed by atoms with Crippen LogP contribution in [0.15, 0.2) is 24.3 Å². The van der Waals surface area contributed by atoms with Crippen LogP contribution in [0, 0.1) is 0 Å². The fourth-order valence-corrected chi connectivity index (χ4v) is 2.26. The average molecular weight is 260 g/mol. The highest BCUT2D eigenvalue weighted by Gasteiger charge is 2.25. The Morgan fingerprint density at radius 3 is 2.53 bits per heavy atom. The summed E-state index contributed by atoms with van der Waals surface area (Å²) < 4.78 is 5.79. The van der Waals surface area contributed by atoms with Gasteiger partial charge in [0.1, 0.15) is 12.4 Å². The van der Waals surface area contributed by atoms with Gasteiger partial charge in [0.15, 0.2) is 0 Å². The Kier molecular flexibility index (Phi) is 4.04. The number of likely N-dealkylation sites (N-methyl/N-ethyl adjacent to an activating group) is 1. The molecule has 19 heavy (non-hydrogen) atoms. The molecule has 3 rings (SSSR count). The fraction of sp³-hybridized carbons (Fsp3) is 0.625. The number of hydrogen-bond donors (Lipinski definition) is 1. The summed E-state index contributed by atoms with van der Waals surface area (Å²) in [6.07, 6.45) is 5.41. The van der Waals surface area contributed by atoms with Gasteiger partial charge >= 0.3 is 0 Å². The van der Waals surface area contributed by atoms with Crippen molar-refractivity contribution in [2.24, 2.45) is 0 Å². The summed E-state index contributed by atoms with van der Waals surface area (Å²) >= 11 is 0. The SMILES string of the molecule is CN(CCOc1ccc(CNC2CC2)cc1)C1CC1. The summed E-state index contributed by atoms with van der Waals surface area (Å²) in [5.41, 5.74) is 1.34. The molecule has 0 unspecified atom stereocenters. The lowest BCUT2D eigenvalue weighted by Gasteiger charge is -2.16. The van der Waals surface area contributed by atoms with E-state index in [4.69, 9.17) is 4.74 Å². The zero-order valence-corrected chi connectivity index (χ0v) is 11.8. The monoisotopic (exact) mass is 260 g/mol. The lowest BCUT2D eigenvalue weighted by Crippen LogP contribution is -2.26. The van der Waals surface area contributed by atoms with Crippen molar-refractivity contribution < 1.29 is 4.74 Å². The number of hydrogen-bond acceptors (Lipinski definition) is 3. The maximum Gasteiger partial charge on any atom is 0.119 e. The van der Waals surface area contributed by atoms with Crippen LogP contribution in [0.25, 0.3) is 0 Å². The van der Waals surface area contributed by atoms with Gasteiger partial charge in [-0.25, -0.2) is 0 Å². The van der Waals surface area contributed by atoms with E-state index in [1.165, 1.54) is 31.2 Å². The second-order valence-corrected chi connectivity index (χ2v) is 5.86. The van der Waals surface area contributed by atoms with Crippen molar-refractivity contribution in [3.05, 3.63) is 29.8 Å². The summed E-state index contributed by atoms with van der Waals surface area (Å²) in [6, 6.07) is 10.1.